The van der Waals surface area contributed by atoms with E-state index in [-0.39, 0.29) is 43.4 Å². The minimum absolute atomic E-state index is 0.0639. The van der Waals surface area contributed by atoms with Crippen LogP contribution in [0.4, 0.5) is 10.5 Å². The Morgan fingerprint density at radius 3 is 2.21 bits per heavy atom. The maximum Gasteiger partial charge on any atom is 0.408 e. The van der Waals surface area contributed by atoms with Crippen molar-refractivity contribution in [2.45, 2.75) is 12.6 Å². The van der Waals surface area contributed by atoms with Gasteiger partial charge in [-0.05, 0) is 28.8 Å². The third kappa shape index (κ3) is 4.83. The Labute approximate surface area is 219 Å². The number of amides is 2. The van der Waals surface area contributed by atoms with Crippen LogP contribution >= 0.6 is 0 Å². The van der Waals surface area contributed by atoms with Crippen molar-refractivity contribution in [3.05, 3.63) is 101 Å². The highest BCUT2D eigenvalue weighted by Gasteiger charge is 2.34. The fraction of sp³-hybridized carbons (Fsp3) is 0.207. The third-order valence-corrected chi connectivity index (χ3v) is 6.62. The topological polar surface area (TPSA) is 117 Å². The van der Waals surface area contributed by atoms with Gasteiger partial charge in [0.2, 0.25) is 0 Å². The van der Waals surface area contributed by atoms with Crippen molar-refractivity contribution in [2.75, 3.05) is 32.1 Å². The van der Waals surface area contributed by atoms with Gasteiger partial charge in [0.1, 0.15) is 5.70 Å². The van der Waals surface area contributed by atoms with Crippen molar-refractivity contribution in [1.82, 2.24) is 10.2 Å². The molecule has 0 atom stereocenters. The number of nitrogens with one attached hydrogen (secondary N) is 2. The lowest BCUT2D eigenvalue weighted by molar-refractivity contribution is -0.136. The Hall–Kier alpha value is -4.63. The number of rotatable bonds is 8. The van der Waals surface area contributed by atoms with E-state index in [1.165, 1.54) is 12.0 Å². The number of β-amino-alcohol motifs (C(OH)–C–C–N with tert-alkyl or cyclic N) is 1. The van der Waals surface area contributed by atoms with Gasteiger partial charge in [-0.2, -0.15) is 0 Å². The molecule has 0 spiro atoms. The SMILES string of the molecule is COC(=O)C1=C(Nc2ccc(CNC(=O)OC3c4ccccc4-c4ccccc43)cc2)C(=O)N(CCO)C1. The molecule has 0 fully saturated rings. The van der Waals surface area contributed by atoms with Gasteiger partial charge in [-0.15, -0.1) is 0 Å². The average molecular weight is 514 g/mol. The van der Waals surface area contributed by atoms with Gasteiger partial charge in [-0.1, -0.05) is 60.7 Å². The molecule has 0 unspecified atom stereocenters. The van der Waals surface area contributed by atoms with Crippen LogP contribution in [0.2, 0.25) is 0 Å². The fourth-order valence-electron chi connectivity index (χ4n) is 4.76. The Morgan fingerprint density at radius 2 is 1.61 bits per heavy atom. The molecule has 1 heterocycles. The van der Waals surface area contributed by atoms with E-state index in [1.807, 2.05) is 48.5 Å². The Kier molecular flexibility index (Phi) is 7.10. The van der Waals surface area contributed by atoms with Gasteiger partial charge in [0.15, 0.2) is 6.10 Å². The zero-order chi connectivity index (χ0) is 26.6. The Morgan fingerprint density at radius 1 is 0.974 bits per heavy atom. The highest BCUT2D eigenvalue weighted by molar-refractivity contribution is 6.08. The number of alkyl carbamates (subject to hydrolysis) is 1. The number of hydrogen-bond acceptors (Lipinski definition) is 7. The molecule has 1 aliphatic carbocycles. The van der Waals surface area contributed by atoms with Crippen molar-refractivity contribution >= 4 is 23.7 Å². The highest BCUT2D eigenvalue weighted by Crippen LogP contribution is 2.45. The van der Waals surface area contributed by atoms with Crippen molar-refractivity contribution in [2.24, 2.45) is 0 Å². The molecule has 38 heavy (non-hydrogen) atoms. The molecule has 9 heteroatoms. The number of anilines is 1. The van der Waals surface area contributed by atoms with Crippen LogP contribution in [0.3, 0.4) is 0 Å². The lowest BCUT2D eigenvalue weighted by Gasteiger charge is -2.16. The van der Waals surface area contributed by atoms with Crippen molar-refractivity contribution in [3.63, 3.8) is 0 Å². The summed E-state index contributed by atoms with van der Waals surface area (Å²) in [4.78, 5) is 38.9. The third-order valence-electron chi connectivity index (χ3n) is 6.62. The first-order chi connectivity index (χ1) is 18.5. The van der Waals surface area contributed by atoms with Crippen LogP contribution < -0.4 is 10.6 Å². The molecule has 2 aliphatic rings. The molecule has 0 radical (unpaired) electrons. The number of esters is 1. The summed E-state index contributed by atoms with van der Waals surface area (Å²) in [6, 6.07) is 22.9. The summed E-state index contributed by atoms with van der Waals surface area (Å²) in [5.41, 5.74) is 5.78. The number of nitrogens with zero attached hydrogens (tertiary/aromatic N) is 1. The van der Waals surface area contributed by atoms with E-state index in [9.17, 15) is 19.5 Å². The van der Waals surface area contributed by atoms with Crippen LogP contribution in [0.15, 0.2) is 84.1 Å². The van der Waals surface area contributed by atoms with E-state index in [2.05, 4.69) is 10.6 Å². The second-order valence-electron chi connectivity index (χ2n) is 8.93. The molecule has 0 bridgehead atoms. The normalized spacial score (nSPS) is 14.3. The number of fused-ring (bicyclic) bond motifs is 3. The largest absolute Gasteiger partial charge is 0.466 e. The number of carbonyl (C=O) groups excluding carboxylic acids is 3. The van der Waals surface area contributed by atoms with Gasteiger partial charge in [-0.25, -0.2) is 9.59 Å². The first-order valence-electron chi connectivity index (χ1n) is 12.2. The van der Waals surface area contributed by atoms with Crippen LogP contribution in [0.25, 0.3) is 11.1 Å². The van der Waals surface area contributed by atoms with Gasteiger partial charge >= 0.3 is 12.1 Å². The van der Waals surface area contributed by atoms with E-state index in [0.717, 1.165) is 27.8 Å². The minimum atomic E-state index is -0.604. The summed E-state index contributed by atoms with van der Waals surface area (Å²) in [6.45, 7) is 0.212. The molecule has 1 aliphatic heterocycles. The molecule has 0 aromatic heterocycles. The number of ether oxygens (including phenoxy) is 2. The molecule has 3 N–H and O–H groups in total. The molecule has 9 nitrogen and oxygen atoms in total. The zero-order valence-electron chi connectivity index (χ0n) is 20.8. The van der Waals surface area contributed by atoms with Gasteiger partial charge in [-0.3, -0.25) is 4.79 Å². The van der Waals surface area contributed by atoms with Crippen molar-refractivity contribution < 1.29 is 29.0 Å². The number of aliphatic hydroxyl groups excluding tert-OH is 1. The lowest BCUT2D eigenvalue weighted by atomic mass is 10.1. The molecule has 2 amide bonds. The molecule has 3 aromatic carbocycles. The number of methoxy groups -OCH3 is 1. The van der Waals surface area contributed by atoms with Gasteiger partial charge < -0.3 is 30.1 Å². The lowest BCUT2D eigenvalue weighted by Crippen LogP contribution is -2.31. The molecule has 3 aromatic rings. The van der Waals surface area contributed by atoms with E-state index in [1.54, 1.807) is 24.3 Å². The second-order valence-corrected chi connectivity index (χ2v) is 8.93. The number of benzene rings is 3. The highest BCUT2D eigenvalue weighted by atomic mass is 16.6. The summed E-state index contributed by atoms with van der Waals surface area (Å²) < 4.78 is 10.6. The number of carbonyl (C=O) groups is 3. The fourth-order valence-corrected chi connectivity index (χ4v) is 4.76. The predicted octanol–water partition coefficient (Wildman–Crippen LogP) is 3.36. The second kappa shape index (κ2) is 10.8. The quantitative estimate of drug-likeness (QED) is 0.396. The smallest absolute Gasteiger partial charge is 0.408 e. The predicted molar refractivity (Wildman–Crippen MR) is 140 cm³/mol. The van der Waals surface area contributed by atoms with Crippen LogP contribution in [-0.4, -0.2) is 54.8 Å². The maximum absolute atomic E-state index is 12.7. The van der Waals surface area contributed by atoms with Gasteiger partial charge in [0.25, 0.3) is 5.91 Å². The van der Waals surface area contributed by atoms with E-state index in [4.69, 9.17) is 9.47 Å². The molecular formula is C29H27N3O6. The number of aliphatic hydroxyl groups is 1. The van der Waals surface area contributed by atoms with Crippen molar-refractivity contribution in [1.29, 1.82) is 0 Å². The number of hydrogen-bond donors (Lipinski definition) is 3. The first-order valence-corrected chi connectivity index (χ1v) is 12.2. The van der Waals surface area contributed by atoms with E-state index < -0.39 is 18.2 Å². The van der Waals surface area contributed by atoms with Crippen LogP contribution in [0.1, 0.15) is 22.8 Å². The minimum Gasteiger partial charge on any atom is -0.466 e. The van der Waals surface area contributed by atoms with Crippen LogP contribution in [0, 0.1) is 0 Å². The molecule has 0 saturated carbocycles. The molecule has 0 saturated heterocycles. The summed E-state index contributed by atoms with van der Waals surface area (Å²) in [5.74, 6) is -0.990. The Balaban J connectivity index is 1.21. The summed E-state index contributed by atoms with van der Waals surface area (Å²) in [7, 11) is 1.25. The van der Waals surface area contributed by atoms with E-state index in [0.29, 0.717) is 5.69 Å². The zero-order valence-corrected chi connectivity index (χ0v) is 20.8. The summed E-state index contributed by atoms with van der Waals surface area (Å²) >= 11 is 0. The summed E-state index contributed by atoms with van der Waals surface area (Å²) in [6.07, 6.45) is -1.00. The maximum atomic E-state index is 12.7. The molecule has 5 rings (SSSR count). The monoisotopic (exact) mass is 513 g/mol. The Bertz CT molecular complexity index is 1370. The van der Waals surface area contributed by atoms with Crippen molar-refractivity contribution in [3.8, 4) is 11.1 Å². The van der Waals surface area contributed by atoms with Crippen LogP contribution in [0.5, 0.6) is 0 Å². The van der Waals surface area contributed by atoms with Crippen LogP contribution in [-0.2, 0) is 25.6 Å². The molecule has 194 valence electrons. The van der Waals surface area contributed by atoms with Gasteiger partial charge in [0, 0.05) is 29.9 Å². The first kappa shape index (κ1) is 25.0. The summed E-state index contributed by atoms with van der Waals surface area (Å²) in [5, 5.41) is 15.0. The van der Waals surface area contributed by atoms with E-state index >= 15 is 0 Å². The molecular weight excluding hydrogens is 486 g/mol. The van der Waals surface area contributed by atoms with Gasteiger partial charge in [0.05, 0.1) is 25.8 Å². The average Bonchev–Trinajstić information content (AvgIpc) is 3.43. The standard InChI is InChI=1S/C29H27N3O6/c1-37-28(35)24-17-32(14-15-33)27(34)25(24)31-19-12-10-18(11-13-19)16-30-29(36)38-26-22-8-4-2-6-20(22)21-7-3-5-9-23(21)26/h2-13,26,31,33H,14-17H2,1H3,(H,30,36).